The summed E-state index contributed by atoms with van der Waals surface area (Å²) >= 11 is 0. The maximum Gasteiger partial charge on any atom is 0.248 e. The first-order valence-electron chi connectivity index (χ1n) is 5.03. The van der Waals surface area contributed by atoms with Crippen LogP contribution in [-0.2, 0) is 11.2 Å². The Morgan fingerprint density at radius 1 is 1.47 bits per heavy atom. The molecule has 0 fully saturated rings. The summed E-state index contributed by atoms with van der Waals surface area (Å²) < 4.78 is 4.98. The fraction of sp³-hybridized carbons (Fsp3) is 0.417. The van der Waals surface area contributed by atoms with E-state index in [4.69, 9.17) is 10.5 Å². The molecule has 0 aromatic heterocycles. The summed E-state index contributed by atoms with van der Waals surface area (Å²) in [6.45, 7) is 2.71. The summed E-state index contributed by atoms with van der Waals surface area (Å²) in [5, 5.41) is 0. The molecule has 0 saturated heterocycles. The number of primary amides is 1. The molecule has 0 unspecified atom stereocenters. The van der Waals surface area contributed by atoms with Gasteiger partial charge in [0.2, 0.25) is 5.91 Å². The zero-order chi connectivity index (χ0) is 11.3. The van der Waals surface area contributed by atoms with Crippen LogP contribution in [0.25, 0.3) is 0 Å². The van der Waals surface area contributed by atoms with E-state index in [1.54, 1.807) is 13.2 Å². The largest absolute Gasteiger partial charge is 0.385 e. The minimum absolute atomic E-state index is 0.359. The second kappa shape index (κ2) is 5.51. The molecular weight excluding hydrogens is 190 g/mol. The molecule has 82 valence electrons. The molecule has 0 atom stereocenters. The van der Waals surface area contributed by atoms with Crippen molar-refractivity contribution in [3.8, 4) is 0 Å². The minimum Gasteiger partial charge on any atom is -0.385 e. The number of nitrogens with two attached hydrogens (primary N) is 1. The second-order valence-corrected chi connectivity index (χ2v) is 3.62. The van der Waals surface area contributed by atoms with Crippen molar-refractivity contribution >= 4 is 5.91 Å². The van der Waals surface area contributed by atoms with Gasteiger partial charge in [-0.3, -0.25) is 4.79 Å². The fourth-order valence-electron chi connectivity index (χ4n) is 1.58. The third kappa shape index (κ3) is 3.36. The van der Waals surface area contributed by atoms with Gasteiger partial charge in [-0.05, 0) is 31.4 Å². The molecule has 1 amide bonds. The normalized spacial score (nSPS) is 10.3. The fourth-order valence-corrected chi connectivity index (χ4v) is 1.58. The van der Waals surface area contributed by atoms with Gasteiger partial charge in [-0.15, -0.1) is 0 Å². The molecule has 0 aliphatic heterocycles. The zero-order valence-corrected chi connectivity index (χ0v) is 9.25. The quantitative estimate of drug-likeness (QED) is 0.747. The van der Waals surface area contributed by atoms with Crippen LogP contribution in [0, 0.1) is 6.92 Å². The van der Waals surface area contributed by atoms with Crippen LogP contribution in [0.2, 0.25) is 0 Å². The second-order valence-electron chi connectivity index (χ2n) is 3.62. The highest BCUT2D eigenvalue weighted by Gasteiger charge is 2.07. The molecule has 0 aliphatic rings. The third-order valence-electron chi connectivity index (χ3n) is 2.32. The molecule has 2 N–H and O–H groups in total. The predicted molar refractivity (Wildman–Crippen MR) is 59.9 cm³/mol. The number of hydrogen-bond donors (Lipinski definition) is 1. The SMILES string of the molecule is COCCCc1cc(C)ccc1C(N)=O. The van der Waals surface area contributed by atoms with Crippen LogP contribution >= 0.6 is 0 Å². The molecule has 0 spiro atoms. The maximum absolute atomic E-state index is 11.2. The van der Waals surface area contributed by atoms with Gasteiger partial charge in [-0.2, -0.15) is 0 Å². The van der Waals surface area contributed by atoms with Crippen LogP contribution in [0.1, 0.15) is 27.9 Å². The number of carbonyl (C=O) groups is 1. The van der Waals surface area contributed by atoms with Gasteiger partial charge in [-0.1, -0.05) is 17.7 Å². The average Bonchev–Trinajstić information content (AvgIpc) is 2.18. The monoisotopic (exact) mass is 207 g/mol. The Morgan fingerprint density at radius 3 is 2.80 bits per heavy atom. The van der Waals surface area contributed by atoms with Crippen LogP contribution < -0.4 is 5.73 Å². The van der Waals surface area contributed by atoms with E-state index in [1.807, 2.05) is 19.1 Å². The molecule has 1 rings (SSSR count). The molecule has 0 heterocycles. The Labute approximate surface area is 90.2 Å². The van der Waals surface area contributed by atoms with Crippen molar-refractivity contribution < 1.29 is 9.53 Å². The van der Waals surface area contributed by atoms with Crippen molar-refractivity contribution in [3.05, 3.63) is 34.9 Å². The van der Waals surface area contributed by atoms with Gasteiger partial charge in [0, 0.05) is 19.3 Å². The number of amides is 1. The molecular formula is C12H17NO2. The zero-order valence-electron chi connectivity index (χ0n) is 9.25. The van der Waals surface area contributed by atoms with Crippen LogP contribution in [0.3, 0.4) is 0 Å². The Balaban J connectivity index is 2.82. The highest BCUT2D eigenvalue weighted by atomic mass is 16.5. The van der Waals surface area contributed by atoms with Gasteiger partial charge in [0.1, 0.15) is 0 Å². The maximum atomic E-state index is 11.2. The molecule has 0 aliphatic carbocycles. The van der Waals surface area contributed by atoms with Crippen molar-refractivity contribution in [1.29, 1.82) is 0 Å². The third-order valence-corrected chi connectivity index (χ3v) is 2.32. The van der Waals surface area contributed by atoms with Gasteiger partial charge in [0.25, 0.3) is 0 Å². The molecule has 0 bridgehead atoms. The number of hydrogen-bond acceptors (Lipinski definition) is 2. The molecule has 3 nitrogen and oxygen atoms in total. The minimum atomic E-state index is -0.359. The first kappa shape index (κ1) is 11.7. The summed E-state index contributed by atoms with van der Waals surface area (Å²) in [5.41, 5.74) is 8.08. The molecule has 15 heavy (non-hydrogen) atoms. The summed E-state index contributed by atoms with van der Waals surface area (Å²) in [6.07, 6.45) is 1.73. The first-order valence-corrected chi connectivity index (χ1v) is 5.03. The summed E-state index contributed by atoms with van der Waals surface area (Å²) in [4.78, 5) is 11.2. The summed E-state index contributed by atoms with van der Waals surface area (Å²) in [6, 6.07) is 5.70. The number of carbonyl (C=O) groups excluding carboxylic acids is 1. The molecule has 0 radical (unpaired) electrons. The average molecular weight is 207 g/mol. The van der Waals surface area contributed by atoms with Gasteiger partial charge in [0.15, 0.2) is 0 Å². The Morgan fingerprint density at radius 2 is 2.20 bits per heavy atom. The number of ether oxygens (including phenoxy) is 1. The lowest BCUT2D eigenvalue weighted by atomic mass is 10.00. The van der Waals surface area contributed by atoms with Gasteiger partial charge >= 0.3 is 0 Å². The number of benzene rings is 1. The van der Waals surface area contributed by atoms with E-state index in [0.717, 1.165) is 24.0 Å². The molecule has 1 aromatic rings. The van der Waals surface area contributed by atoms with E-state index in [1.165, 1.54) is 0 Å². The van der Waals surface area contributed by atoms with E-state index >= 15 is 0 Å². The van der Waals surface area contributed by atoms with Crippen LogP contribution in [0.5, 0.6) is 0 Å². The lowest BCUT2D eigenvalue weighted by molar-refractivity contribution is 0.0999. The summed E-state index contributed by atoms with van der Waals surface area (Å²) in [5.74, 6) is -0.359. The Bertz CT molecular complexity index is 347. The van der Waals surface area contributed by atoms with Crippen molar-refractivity contribution in [2.24, 2.45) is 5.73 Å². The van der Waals surface area contributed by atoms with E-state index in [9.17, 15) is 4.79 Å². The number of aryl methyl sites for hydroxylation is 2. The van der Waals surface area contributed by atoms with E-state index in [-0.39, 0.29) is 5.91 Å². The van der Waals surface area contributed by atoms with E-state index in [0.29, 0.717) is 12.2 Å². The lowest BCUT2D eigenvalue weighted by Gasteiger charge is -2.07. The highest BCUT2D eigenvalue weighted by molar-refractivity contribution is 5.94. The van der Waals surface area contributed by atoms with E-state index < -0.39 is 0 Å². The van der Waals surface area contributed by atoms with Gasteiger partial charge in [-0.25, -0.2) is 0 Å². The number of rotatable bonds is 5. The van der Waals surface area contributed by atoms with Crippen LogP contribution in [0.4, 0.5) is 0 Å². The van der Waals surface area contributed by atoms with Crippen LogP contribution in [-0.4, -0.2) is 19.6 Å². The highest BCUT2D eigenvalue weighted by Crippen LogP contribution is 2.13. The molecule has 3 heteroatoms. The van der Waals surface area contributed by atoms with Crippen molar-refractivity contribution in [3.63, 3.8) is 0 Å². The Hall–Kier alpha value is -1.35. The number of methoxy groups -OCH3 is 1. The van der Waals surface area contributed by atoms with Gasteiger partial charge < -0.3 is 10.5 Å². The molecule has 0 saturated carbocycles. The lowest BCUT2D eigenvalue weighted by Crippen LogP contribution is -2.14. The predicted octanol–water partition coefficient (Wildman–Crippen LogP) is 1.67. The van der Waals surface area contributed by atoms with E-state index in [2.05, 4.69) is 0 Å². The van der Waals surface area contributed by atoms with Crippen molar-refractivity contribution in [2.75, 3.05) is 13.7 Å². The Kier molecular flexibility index (Phi) is 4.31. The van der Waals surface area contributed by atoms with Crippen molar-refractivity contribution in [2.45, 2.75) is 19.8 Å². The smallest absolute Gasteiger partial charge is 0.248 e. The summed E-state index contributed by atoms with van der Waals surface area (Å²) in [7, 11) is 1.67. The van der Waals surface area contributed by atoms with Crippen LogP contribution in [0.15, 0.2) is 18.2 Å². The molecule has 1 aromatic carbocycles. The van der Waals surface area contributed by atoms with Crippen molar-refractivity contribution in [1.82, 2.24) is 0 Å². The topological polar surface area (TPSA) is 52.3 Å². The first-order chi connectivity index (χ1) is 7.15. The standard InChI is InChI=1S/C12H17NO2/c1-9-5-6-11(12(13)14)10(8-9)4-3-7-15-2/h5-6,8H,3-4,7H2,1-2H3,(H2,13,14). The van der Waals surface area contributed by atoms with Gasteiger partial charge in [0.05, 0.1) is 0 Å².